The number of phenolic OH excluding ortho intramolecular Hbond substituents is 1. The molecule has 0 saturated heterocycles. The first-order valence-electron chi connectivity index (χ1n) is 11.4. The van der Waals surface area contributed by atoms with Crippen molar-refractivity contribution in [1.82, 2.24) is 4.98 Å². The van der Waals surface area contributed by atoms with Crippen molar-refractivity contribution in [3.63, 3.8) is 0 Å². The van der Waals surface area contributed by atoms with Gasteiger partial charge in [-0.05, 0) is 86.0 Å². The molecule has 3 aliphatic rings. The van der Waals surface area contributed by atoms with Crippen molar-refractivity contribution in [3.8, 4) is 5.75 Å². The van der Waals surface area contributed by atoms with Gasteiger partial charge in [-0.1, -0.05) is 13.0 Å². The monoisotopic (exact) mass is 438 g/mol. The van der Waals surface area contributed by atoms with Crippen molar-refractivity contribution in [2.24, 2.45) is 23.2 Å². The average molecular weight is 439 g/mol. The van der Waals surface area contributed by atoms with E-state index in [1.807, 2.05) is 13.0 Å². The van der Waals surface area contributed by atoms with Crippen molar-refractivity contribution in [1.29, 1.82) is 0 Å². The number of phenols is 1. The summed E-state index contributed by atoms with van der Waals surface area (Å²) in [4.78, 5) is 30.9. The highest BCUT2D eigenvalue weighted by atomic mass is 32.1. The number of ketones is 1. The highest BCUT2D eigenvalue weighted by molar-refractivity contribution is 7.15. The van der Waals surface area contributed by atoms with Gasteiger partial charge >= 0.3 is 0 Å². The number of amides is 1. The van der Waals surface area contributed by atoms with Crippen LogP contribution in [0.1, 0.15) is 67.4 Å². The topological polar surface area (TPSA) is 79.3 Å². The van der Waals surface area contributed by atoms with E-state index in [0.717, 1.165) is 37.0 Å². The Morgan fingerprint density at radius 2 is 2.19 bits per heavy atom. The van der Waals surface area contributed by atoms with Gasteiger partial charge in [-0.15, -0.1) is 11.3 Å². The Morgan fingerprint density at radius 3 is 2.97 bits per heavy atom. The summed E-state index contributed by atoms with van der Waals surface area (Å²) >= 11 is 1.49. The number of anilines is 1. The zero-order valence-corrected chi connectivity index (χ0v) is 19.0. The van der Waals surface area contributed by atoms with Crippen molar-refractivity contribution in [2.75, 3.05) is 5.32 Å². The van der Waals surface area contributed by atoms with E-state index < -0.39 is 0 Å². The second kappa shape index (κ2) is 7.73. The molecule has 1 amide bonds. The minimum Gasteiger partial charge on any atom is -0.508 e. The molecular formula is C25H30N2O3S. The molecule has 1 aromatic heterocycles. The lowest BCUT2D eigenvalue weighted by molar-refractivity contribution is -0.129. The molecule has 0 aliphatic heterocycles. The first-order chi connectivity index (χ1) is 14.8. The SMILES string of the molecule is Cc1cnc(NC(=O)CC[C@@H]2CC(=O)[C@@]3(C)CC[C@@H]4c5ccc(O)cc5CC[C@H]4[C@H]23)s1. The summed E-state index contributed by atoms with van der Waals surface area (Å²) in [5, 5.41) is 13.5. The number of aromatic nitrogens is 1. The van der Waals surface area contributed by atoms with Crippen LogP contribution in [0.4, 0.5) is 5.13 Å². The molecule has 6 heteroatoms. The van der Waals surface area contributed by atoms with Gasteiger partial charge in [0.05, 0.1) is 0 Å². The first kappa shape index (κ1) is 20.7. The van der Waals surface area contributed by atoms with Crippen molar-refractivity contribution < 1.29 is 14.7 Å². The lowest BCUT2D eigenvalue weighted by Crippen LogP contribution is -2.44. The number of carbonyl (C=O) groups excluding carboxylic acids is 2. The maximum atomic E-state index is 13.1. The number of Topliss-reactive ketones (excluding diaryl/α,β-unsaturated/α-hetero) is 1. The molecule has 0 unspecified atom stereocenters. The van der Waals surface area contributed by atoms with Gasteiger partial charge in [0.1, 0.15) is 11.5 Å². The minimum absolute atomic E-state index is 0.00720. The summed E-state index contributed by atoms with van der Waals surface area (Å²) < 4.78 is 0. The van der Waals surface area contributed by atoms with Crippen LogP contribution in [0.15, 0.2) is 24.4 Å². The molecule has 3 aliphatic carbocycles. The Balaban J connectivity index is 1.33. The molecule has 2 N–H and O–H groups in total. The number of nitrogens with one attached hydrogen (secondary N) is 1. The minimum atomic E-state index is -0.247. The quantitative estimate of drug-likeness (QED) is 0.685. The molecular weight excluding hydrogens is 408 g/mol. The number of hydrogen-bond acceptors (Lipinski definition) is 5. The molecule has 0 bridgehead atoms. The van der Waals surface area contributed by atoms with Crippen molar-refractivity contribution in [2.45, 2.75) is 64.7 Å². The largest absolute Gasteiger partial charge is 0.508 e. The Morgan fingerprint density at radius 1 is 1.35 bits per heavy atom. The Labute approximate surface area is 187 Å². The molecule has 2 aromatic rings. The number of carbonyl (C=O) groups is 2. The van der Waals surface area contributed by atoms with E-state index in [0.29, 0.717) is 47.3 Å². The van der Waals surface area contributed by atoms with Crippen LogP contribution in [-0.2, 0) is 16.0 Å². The highest BCUT2D eigenvalue weighted by Crippen LogP contribution is 2.62. The highest BCUT2D eigenvalue weighted by Gasteiger charge is 2.58. The summed E-state index contributed by atoms with van der Waals surface area (Å²) in [6.45, 7) is 4.16. The molecule has 31 heavy (non-hydrogen) atoms. The third kappa shape index (κ3) is 3.59. The van der Waals surface area contributed by atoms with Gasteiger partial charge in [0.15, 0.2) is 5.13 Å². The number of hydrogen-bond donors (Lipinski definition) is 2. The van der Waals surface area contributed by atoms with E-state index >= 15 is 0 Å². The zero-order chi connectivity index (χ0) is 21.8. The molecule has 5 nitrogen and oxygen atoms in total. The second-order valence-electron chi connectivity index (χ2n) is 9.92. The van der Waals surface area contributed by atoms with Crippen LogP contribution in [0.25, 0.3) is 0 Å². The van der Waals surface area contributed by atoms with Gasteiger partial charge in [-0.25, -0.2) is 4.98 Å². The zero-order valence-electron chi connectivity index (χ0n) is 18.2. The fourth-order valence-corrected chi connectivity index (χ4v) is 7.48. The maximum absolute atomic E-state index is 13.1. The number of rotatable bonds is 4. The summed E-state index contributed by atoms with van der Waals surface area (Å²) in [7, 11) is 0. The molecule has 5 rings (SSSR count). The number of aryl methyl sites for hydroxylation is 2. The van der Waals surface area contributed by atoms with E-state index in [2.05, 4.69) is 23.3 Å². The molecule has 1 heterocycles. The maximum Gasteiger partial charge on any atom is 0.226 e. The van der Waals surface area contributed by atoms with Crippen LogP contribution in [0.2, 0.25) is 0 Å². The van der Waals surface area contributed by atoms with Gasteiger partial charge in [0, 0.05) is 29.3 Å². The van der Waals surface area contributed by atoms with Crippen LogP contribution in [0.5, 0.6) is 5.75 Å². The van der Waals surface area contributed by atoms with Gasteiger partial charge in [-0.3, -0.25) is 9.59 Å². The fraction of sp³-hybridized carbons (Fsp3) is 0.560. The average Bonchev–Trinajstić information content (AvgIpc) is 3.25. The summed E-state index contributed by atoms with van der Waals surface area (Å²) in [5.74, 6) is 2.29. The van der Waals surface area contributed by atoms with E-state index in [-0.39, 0.29) is 17.2 Å². The molecule has 1 aromatic carbocycles. The van der Waals surface area contributed by atoms with Crippen molar-refractivity contribution >= 4 is 28.2 Å². The van der Waals surface area contributed by atoms with Crippen LogP contribution in [0, 0.1) is 30.1 Å². The standard InChI is InChI=1S/C25H30N2O3S/c1-14-13-26-24(31-14)27-22(30)8-4-16-12-21(29)25(2)10-9-19-18-7-5-17(28)11-15(18)3-6-20(19)23(16)25/h5,7,11,13,16,19-20,23,28H,3-4,6,8-10,12H2,1-2H3,(H,26,27,30)/t16-,19-,20-,23+,25-/m1/s1. The van der Waals surface area contributed by atoms with Crippen molar-refractivity contribution in [3.05, 3.63) is 40.4 Å². The third-order valence-electron chi connectivity index (χ3n) is 8.16. The number of benzene rings is 1. The molecule has 0 radical (unpaired) electrons. The number of thiazole rings is 1. The van der Waals surface area contributed by atoms with Gasteiger partial charge < -0.3 is 10.4 Å². The van der Waals surface area contributed by atoms with Crippen LogP contribution >= 0.6 is 11.3 Å². The predicted molar refractivity (Wildman–Crippen MR) is 121 cm³/mol. The lowest BCUT2D eigenvalue weighted by atomic mass is 9.54. The van der Waals surface area contributed by atoms with E-state index in [1.54, 1.807) is 12.3 Å². The van der Waals surface area contributed by atoms with Gasteiger partial charge in [-0.2, -0.15) is 0 Å². The smallest absolute Gasteiger partial charge is 0.226 e. The van der Waals surface area contributed by atoms with Gasteiger partial charge in [0.2, 0.25) is 5.91 Å². The molecule has 2 saturated carbocycles. The molecule has 164 valence electrons. The summed E-state index contributed by atoms with van der Waals surface area (Å²) in [6, 6.07) is 5.82. The first-order valence-corrected chi connectivity index (χ1v) is 12.2. The van der Waals surface area contributed by atoms with Crippen LogP contribution in [-0.4, -0.2) is 21.8 Å². The normalized spacial score (nSPS) is 31.6. The summed E-state index contributed by atoms with van der Waals surface area (Å²) in [5.41, 5.74) is 2.39. The molecule has 5 atom stereocenters. The lowest BCUT2D eigenvalue weighted by Gasteiger charge is -2.50. The predicted octanol–water partition coefficient (Wildman–Crippen LogP) is 5.23. The Bertz CT molecular complexity index is 1030. The third-order valence-corrected chi connectivity index (χ3v) is 8.99. The van der Waals surface area contributed by atoms with E-state index in [9.17, 15) is 14.7 Å². The number of fused-ring (bicyclic) bond motifs is 5. The van der Waals surface area contributed by atoms with Crippen LogP contribution in [0.3, 0.4) is 0 Å². The molecule has 0 spiro atoms. The molecule has 2 fully saturated rings. The fourth-order valence-electron chi connectivity index (χ4n) is 6.80. The van der Waals surface area contributed by atoms with Gasteiger partial charge in [0.25, 0.3) is 0 Å². The Hall–Kier alpha value is -2.21. The number of nitrogens with zero attached hydrogens (tertiary/aromatic N) is 1. The van der Waals surface area contributed by atoms with E-state index in [4.69, 9.17) is 0 Å². The number of aromatic hydroxyl groups is 1. The summed E-state index contributed by atoms with van der Waals surface area (Å²) in [6.07, 6.45) is 7.56. The van der Waals surface area contributed by atoms with E-state index in [1.165, 1.54) is 22.5 Å². The second-order valence-corrected chi connectivity index (χ2v) is 11.2. The van der Waals surface area contributed by atoms with Crippen LogP contribution < -0.4 is 5.32 Å². The Kier molecular flexibility index (Phi) is 5.16.